The van der Waals surface area contributed by atoms with Gasteiger partial charge in [-0.25, -0.2) is 9.37 Å². The van der Waals surface area contributed by atoms with Crippen molar-refractivity contribution >= 4 is 5.91 Å². The monoisotopic (exact) mass is 385 g/mol. The first-order chi connectivity index (χ1) is 13.7. The molecule has 0 saturated carbocycles. The van der Waals surface area contributed by atoms with Crippen LogP contribution in [-0.2, 0) is 9.53 Å². The van der Waals surface area contributed by atoms with Crippen LogP contribution in [-0.4, -0.2) is 47.1 Å². The van der Waals surface area contributed by atoms with Gasteiger partial charge < -0.3 is 14.4 Å². The SMILES string of the molecule is O=C(C1CCOCC1)N1CCC(c2nccnc2Oc2ccc(F)cc2)CC1. The molecular formula is C21H24FN3O3. The molecule has 3 heterocycles. The van der Waals surface area contributed by atoms with Gasteiger partial charge in [0.15, 0.2) is 0 Å². The third-order valence-electron chi connectivity index (χ3n) is 5.48. The number of hydrogen-bond acceptors (Lipinski definition) is 5. The Balaban J connectivity index is 1.40. The largest absolute Gasteiger partial charge is 0.437 e. The quantitative estimate of drug-likeness (QED) is 0.805. The van der Waals surface area contributed by atoms with Crippen molar-refractivity contribution in [2.45, 2.75) is 31.6 Å². The molecule has 1 aromatic carbocycles. The van der Waals surface area contributed by atoms with E-state index in [2.05, 4.69) is 9.97 Å². The topological polar surface area (TPSA) is 64.5 Å². The Morgan fingerprint density at radius 3 is 2.43 bits per heavy atom. The standard InChI is InChI=1S/C21H24FN3O3/c22-17-1-3-18(4-2-17)28-20-19(23-9-10-24-20)15-5-11-25(12-6-15)21(26)16-7-13-27-14-8-16/h1-4,9-10,15-16H,5-8,11-14H2. The van der Waals surface area contributed by atoms with E-state index in [4.69, 9.17) is 9.47 Å². The average molecular weight is 385 g/mol. The molecule has 2 aliphatic rings. The van der Waals surface area contributed by atoms with Gasteiger partial charge in [0, 0.05) is 50.5 Å². The highest BCUT2D eigenvalue weighted by Gasteiger charge is 2.31. The van der Waals surface area contributed by atoms with Crippen LogP contribution in [0.25, 0.3) is 0 Å². The van der Waals surface area contributed by atoms with Gasteiger partial charge in [0.25, 0.3) is 0 Å². The molecule has 148 valence electrons. The zero-order valence-electron chi connectivity index (χ0n) is 15.7. The van der Waals surface area contributed by atoms with E-state index in [-0.39, 0.29) is 23.6 Å². The highest BCUT2D eigenvalue weighted by Crippen LogP contribution is 2.34. The summed E-state index contributed by atoms with van der Waals surface area (Å²) in [5, 5.41) is 0. The summed E-state index contributed by atoms with van der Waals surface area (Å²) >= 11 is 0. The first-order valence-corrected chi connectivity index (χ1v) is 9.81. The Kier molecular flexibility index (Phi) is 5.81. The molecule has 2 aliphatic heterocycles. The molecule has 0 bridgehead atoms. The Bertz CT molecular complexity index is 801. The number of nitrogens with zero attached hydrogens (tertiary/aromatic N) is 3. The second-order valence-electron chi connectivity index (χ2n) is 7.29. The number of piperidine rings is 1. The van der Waals surface area contributed by atoms with Crippen LogP contribution in [0.1, 0.15) is 37.3 Å². The lowest BCUT2D eigenvalue weighted by Crippen LogP contribution is -2.42. The molecule has 0 spiro atoms. The third-order valence-corrected chi connectivity index (χ3v) is 5.48. The number of amides is 1. The summed E-state index contributed by atoms with van der Waals surface area (Å²) in [7, 11) is 0. The van der Waals surface area contributed by atoms with Crippen molar-refractivity contribution in [1.29, 1.82) is 0 Å². The molecule has 2 aromatic rings. The fraction of sp³-hybridized carbons (Fsp3) is 0.476. The Morgan fingerprint density at radius 2 is 1.71 bits per heavy atom. The lowest BCUT2D eigenvalue weighted by atomic mass is 9.91. The van der Waals surface area contributed by atoms with Crippen LogP contribution in [0.2, 0.25) is 0 Å². The van der Waals surface area contributed by atoms with Crippen LogP contribution in [0.5, 0.6) is 11.6 Å². The molecule has 6 nitrogen and oxygen atoms in total. The lowest BCUT2D eigenvalue weighted by Gasteiger charge is -2.35. The van der Waals surface area contributed by atoms with Gasteiger partial charge in [-0.15, -0.1) is 0 Å². The molecular weight excluding hydrogens is 361 g/mol. The molecule has 4 rings (SSSR count). The van der Waals surface area contributed by atoms with Crippen LogP contribution in [0.4, 0.5) is 4.39 Å². The maximum atomic E-state index is 13.1. The lowest BCUT2D eigenvalue weighted by molar-refractivity contribution is -0.139. The van der Waals surface area contributed by atoms with Gasteiger partial charge in [0.2, 0.25) is 11.8 Å². The normalized spacial score (nSPS) is 18.8. The molecule has 1 aromatic heterocycles. The Labute approximate surface area is 163 Å². The van der Waals surface area contributed by atoms with Gasteiger partial charge in [-0.1, -0.05) is 0 Å². The van der Waals surface area contributed by atoms with Gasteiger partial charge in [-0.2, -0.15) is 0 Å². The highest BCUT2D eigenvalue weighted by atomic mass is 19.1. The van der Waals surface area contributed by atoms with Crippen molar-refractivity contribution in [3.63, 3.8) is 0 Å². The second kappa shape index (κ2) is 8.65. The van der Waals surface area contributed by atoms with Crippen molar-refractivity contribution in [2.24, 2.45) is 5.92 Å². The third kappa shape index (κ3) is 4.30. The minimum absolute atomic E-state index is 0.0965. The van der Waals surface area contributed by atoms with E-state index in [1.807, 2.05) is 4.90 Å². The van der Waals surface area contributed by atoms with Crippen LogP contribution in [0.15, 0.2) is 36.7 Å². The van der Waals surface area contributed by atoms with E-state index in [9.17, 15) is 9.18 Å². The number of likely N-dealkylation sites (tertiary alicyclic amines) is 1. The summed E-state index contributed by atoms with van der Waals surface area (Å²) in [6.45, 7) is 2.79. The summed E-state index contributed by atoms with van der Waals surface area (Å²) in [6, 6.07) is 5.85. The second-order valence-corrected chi connectivity index (χ2v) is 7.29. The number of hydrogen-bond donors (Lipinski definition) is 0. The predicted octanol–water partition coefficient (Wildman–Crippen LogP) is 3.54. The van der Waals surface area contributed by atoms with Gasteiger partial charge in [-0.3, -0.25) is 9.78 Å². The number of carbonyl (C=O) groups excluding carboxylic acids is 1. The fourth-order valence-electron chi connectivity index (χ4n) is 3.88. The van der Waals surface area contributed by atoms with Gasteiger partial charge in [0.1, 0.15) is 17.3 Å². The molecule has 2 saturated heterocycles. The van der Waals surface area contributed by atoms with Gasteiger partial charge in [-0.05, 0) is 49.9 Å². The maximum Gasteiger partial charge on any atom is 0.241 e. The van der Waals surface area contributed by atoms with E-state index >= 15 is 0 Å². The summed E-state index contributed by atoms with van der Waals surface area (Å²) in [5.74, 6) is 1.19. The van der Waals surface area contributed by atoms with Crippen LogP contribution in [0, 0.1) is 11.7 Å². The van der Waals surface area contributed by atoms with Crippen LogP contribution >= 0.6 is 0 Å². The smallest absolute Gasteiger partial charge is 0.241 e. The fourth-order valence-corrected chi connectivity index (χ4v) is 3.88. The minimum atomic E-state index is -0.312. The number of ether oxygens (including phenoxy) is 2. The van der Waals surface area contributed by atoms with Crippen molar-refractivity contribution in [3.05, 3.63) is 48.2 Å². The molecule has 1 amide bonds. The number of benzene rings is 1. The molecule has 28 heavy (non-hydrogen) atoms. The number of aromatic nitrogens is 2. The van der Waals surface area contributed by atoms with Crippen molar-refractivity contribution in [3.8, 4) is 11.6 Å². The number of carbonyl (C=O) groups is 1. The summed E-state index contributed by atoms with van der Waals surface area (Å²) in [4.78, 5) is 23.5. The maximum absolute atomic E-state index is 13.1. The molecule has 0 radical (unpaired) electrons. The van der Waals surface area contributed by atoms with Crippen molar-refractivity contribution in [2.75, 3.05) is 26.3 Å². The highest BCUT2D eigenvalue weighted by molar-refractivity contribution is 5.79. The van der Waals surface area contributed by atoms with Crippen molar-refractivity contribution < 1.29 is 18.7 Å². The van der Waals surface area contributed by atoms with E-state index in [1.54, 1.807) is 24.5 Å². The summed E-state index contributed by atoms with van der Waals surface area (Å²) in [5.41, 5.74) is 0.796. The van der Waals surface area contributed by atoms with Crippen molar-refractivity contribution in [1.82, 2.24) is 14.9 Å². The minimum Gasteiger partial charge on any atom is -0.437 e. The zero-order valence-corrected chi connectivity index (χ0v) is 15.7. The Hall–Kier alpha value is -2.54. The molecule has 7 heteroatoms. The average Bonchev–Trinajstić information content (AvgIpc) is 2.76. The number of halogens is 1. The molecule has 0 aliphatic carbocycles. The van der Waals surface area contributed by atoms with E-state index in [1.165, 1.54) is 12.1 Å². The van der Waals surface area contributed by atoms with Gasteiger partial charge in [0.05, 0.1) is 0 Å². The van der Waals surface area contributed by atoms with Crippen LogP contribution in [0.3, 0.4) is 0 Å². The molecule has 0 atom stereocenters. The summed E-state index contributed by atoms with van der Waals surface area (Å²) in [6.07, 6.45) is 6.54. The van der Waals surface area contributed by atoms with Crippen LogP contribution < -0.4 is 4.74 Å². The molecule has 2 fully saturated rings. The summed E-state index contributed by atoms with van der Waals surface area (Å²) < 4.78 is 24.3. The van der Waals surface area contributed by atoms with E-state index in [0.717, 1.165) is 31.4 Å². The van der Waals surface area contributed by atoms with Gasteiger partial charge >= 0.3 is 0 Å². The molecule has 0 unspecified atom stereocenters. The predicted molar refractivity (Wildman–Crippen MR) is 101 cm³/mol. The zero-order chi connectivity index (χ0) is 19.3. The number of rotatable bonds is 4. The molecule has 0 N–H and O–H groups in total. The Morgan fingerprint density at radius 1 is 1.04 bits per heavy atom. The van der Waals surface area contributed by atoms with E-state index in [0.29, 0.717) is 37.9 Å². The first kappa shape index (κ1) is 18.8. The first-order valence-electron chi connectivity index (χ1n) is 9.81. The van der Waals surface area contributed by atoms with E-state index < -0.39 is 0 Å².